The van der Waals surface area contributed by atoms with Crippen molar-refractivity contribution in [3.63, 3.8) is 0 Å². The van der Waals surface area contributed by atoms with Gasteiger partial charge in [0.05, 0.1) is 23.9 Å². The molecule has 1 atom stereocenters. The zero-order chi connectivity index (χ0) is 18.3. The number of nitrogens with one attached hydrogen (secondary N) is 1. The van der Waals surface area contributed by atoms with Crippen LogP contribution >= 0.6 is 0 Å². The Morgan fingerprint density at radius 2 is 2.00 bits per heavy atom. The first kappa shape index (κ1) is 16.4. The lowest BCUT2D eigenvalue weighted by atomic mass is 9.79. The first-order valence-electron chi connectivity index (χ1n) is 8.53. The standard InChI is InChI=1S/C21H20N2O3/c1-13-10-15(23-26-13)12-21(2)18-9-5-8-17(19(18)22-20(21)24)14-6-4-7-16(11-14)25-3/h4-11H,12H2,1-3H3,(H,22,24). The molecular formula is C21H20N2O3. The second-order valence-corrected chi connectivity index (χ2v) is 6.85. The van der Waals surface area contributed by atoms with Crippen molar-refractivity contribution in [2.24, 2.45) is 0 Å². The van der Waals surface area contributed by atoms with Gasteiger partial charge in [-0.05, 0) is 37.1 Å². The van der Waals surface area contributed by atoms with E-state index in [0.29, 0.717) is 6.42 Å². The van der Waals surface area contributed by atoms with Crippen LogP contribution in [0.15, 0.2) is 53.1 Å². The number of methoxy groups -OCH3 is 1. The number of carbonyl (C=O) groups excluding carboxylic acids is 1. The second-order valence-electron chi connectivity index (χ2n) is 6.85. The lowest BCUT2D eigenvalue weighted by Crippen LogP contribution is -2.33. The first-order valence-corrected chi connectivity index (χ1v) is 8.53. The number of benzene rings is 2. The van der Waals surface area contributed by atoms with Crippen molar-refractivity contribution in [1.29, 1.82) is 0 Å². The van der Waals surface area contributed by atoms with Crippen molar-refractivity contribution in [1.82, 2.24) is 5.16 Å². The molecule has 0 saturated heterocycles. The summed E-state index contributed by atoms with van der Waals surface area (Å²) in [5.74, 6) is 1.50. The summed E-state index contributed by atoms with van der Waals surface area (Å²) in [6.07, 6.45) is 0.491. The van der Waals surface area contributed by atoms with Gasteiger partial charge in [0, 0.05) is 18.1 Å². The van der Waals surface area contributed by atoms with Gasteiger partial charge in [-0.3, -0.25) is 4.79 Å². The lowest BCUT2D eigenvalue weighted by molar-refractivity contribution is -0.120. The molecule has 1 aromatic heterocycles. The molecule has 1 aliphatic heterocycles. The number of nitrogens with zero attached hydrogens (tertiary/aromatic N) is 1. The summed E-state index contributed by atoms with van der Waals surface area (Å²) in [6.45, 7) is 3.80. The molecule has 5 nitrogen and oxygen atoms in total. The molecule has 132 valence electrons. The third-order valence-electron chi connectivity index (χ3n) is 4.99. The molecule has 2 aromatic carbocycles. The number of para-hydroxylation sites is 1. The van der Waals surface area contributed by atoms with E-state index >= 15 is 0 Å². The largest absolute Gasteiger partial charge is 0.497 e. The number of amides is 1. The Morgan fingerprint density at radius 1 is 1.19 bits per heavy atom. The smallest absolute Gasteiger partial charge is 0.235 e. The van der Waals surface area contributed by atoms with Crippen molar-refractivity contribution in [3.8, 4) is 16.9 Å². The molecule has 1 unspecified atom stereocenters. The average molecular weight is 348 g/mol. The van der Waals surface area contributed by atoms with Gasteiger partial charge in [0.15, 0.2) is 0 Å². The van der Waals surface area contributed by atoms with Gasteiger partial charge in [-0.15, -0.1) is 0 Å². The Bertz CT molecular complexity index is 992. The number of anilines is 1. The van der Waals surface area contributed by atoms with Gasteiger partial charge in [0.25, 0.3) is 0 Å². The summed E-state index contributed by atoms with van der Waals surface area (Å²) in [5, 5.41) is 7.15. The minimum Gasteiger partial charge on any atom is -0.497 e. The van der Waals surface area contributed by atoms with E-state index in [2.05, 4.69) is 10.5 Å². The SMILES string of the molecule is COc1cccc(-c2cccc3c2NC(=O)C3(C)Cc2cc(C)on2)c1. The Kier molecular flexibility index (Phi) is 3.80. The van der Waals surface area contributed by atoms with Crippen molar-refractivity contribution < 1.29 is 14.1 Å². The van der Waals surface area contributed by atoms with Crippen molar-refractivity contribution in [2.75, 3.05) is 12.4 Å². The second kappa shape index (κ2) is 6.02. The molecule has 3 aromatic rings. The molecule has 0 aliphatic carbocycles. The molecule has 2 heterocycles. The van der Waals surface area contributed by atoms with Crippen LogP contribution in [0, 0.1) is 6.92 Å². The summed E-state index contributed by atoms with van der Waals surface area (Å²) in [6, 6.07) is 15.7. The number of rotatable bonds is 4. The fourth-order valence-electron chi connectivity index (χ4n) is 3.59. The number of aryl methyl sites for hydroxylation is 1. The number of carbonyl (C=O) groups is 1. The molecule has 1 aliphatic rings. The molecule has 1 amide bonds. The van der Waals surface area contributed by atoms with Crippen LogP contribution in [-0.2, 0) is 16.6 Å². The topological polar surface area (TPSA) is 64.4 Å². The number of fused-ring (bicyclic) bond motifs is 1. The van der Waals surface area contributed by atoms with Gasteiger partial charge in [0.1, 0.15) is 11.5 Å². The van der Waals surface area contributed by atoms with Crippen LogP contribution in [0.25, 0.3) is 11.1 Å². The van der Waals surface area contributed by atoms with Gasteiger partial charge in [-0.1, -0.05) is 35.5 Å². The molecule has 4 rings (SSSR count). The van der Waals surface area contributed by atoms with Crippen molar-refractivity contribution >= 4 is 11.6 Å². The van der Waals surface area contributed by atoms with Gasteiger partial charge in [-0.25, -0.2) is 0 Å². The van der Waals surface area contributed by atoms with E-state index in [1.165, 1.54) is 0 Å². The van der Waals surface area contributed by atoms with Crippen LogP contribution in [-0.4, -0.2) is 18.2 Å². The fourth-order valence-corrected chi connectivity index (χ4v) is 3.59. The Balaban J connectivity index is 1.79. The van der Waals surface area contributed by atoms with Crippen LogP contribution in [0.1, 0.15) is 23.9 Å². The highest BCUT2D eigenvalue weighted by molar-refractivity contribution is 6.09. The number of hydrogen-bond acceptors (Lipinski definition) is 4. The maximum Gasteiger partial charge on any atom is 0.235 e. The van der Waals surface area contributed by atoms with Gasteiger partial charge >= 0.3 is 0 Å². The zero-order valence-corrected chi connectivity index (χ0v) is 15.0. The molecule has 0 spiro atoms. The summed E-state index contributed by atoms with van der Waals surface area (Å²) in [4.78, 5) is 12.9. The number of ether oxygens (including phenoxy) is 1. The fraction of sp³-hybridized carbons (Fsp3) is 0.238. The van der Waals surface area contributed by atoms with Crippen LogP contribution in [0.3, 0.4) is 0 Å². The highest BCUT2D eigenvalue weighted by Crippen LogP contribution is 2.45. The number of hydrogen-bond donors (Lipinski definition) is 1. The molecule has 5 heteroatoms. The average Bonchev–Trinajstić information content (AvgIpc) is 3.16. The lowest BCUT2D eigenvalue weighted by Gasteiger charge is -2.21. The van der Waals surface area contributed by atoms with Crippen LogP contribution in [0.4, 0.5) is 5.69 Å². The maximum atomic E-state index is 12.9. The van der Waals surface area contributed by atoms with Gasteiger partial charge in [-0.2, -0.15) is 0 Å². The van der Waals surface area contributed by atoms with Crippen molar-refractivity contribution in [2.45, 2.75) is 25.7 Å². The van der Waals surface area contributed by atoms with E-state index in [9.17, 15) is 4.79 Å². The van der Waals surface area contributed by atoms with Crippen molar-refractivity contribution in [3.05, 3.63) is 65.5 Å². The minimum absolute atomic E-state index is 0.0245. The minimum atomic E-state index is -0.687. The Morgan fingerprint density at radius 3 is 2.73 bits per heavy atom. The van der Waals surface area contributed by atoms with Gasteiger partial charge in [0.2, 0.25) is 5.91 Å². The van der Waals surface area contributed by atoms with E-state index in [1.54, 1.807) is 7.11 Å². The molecule has 26 heavy (non-hydrogen) atoms. The molecule has 0 radical (unpaired) electrons. The third kappa shape index (κ3) is 2.56. The van der Waals surface area contributed by atoms with E-state index in [-0.39, 0.29) is 5.91 Å². The Hall–Kier alpha value is -3.08. The summed E-state index contributed by atoms with van der Waals surface area (Å²) in [7, 11) is 1.65. The normalized spacial score (nSPS) is 18.5. The van der Waals surface area contributed by atoms with E-state index in [1.807, 2.05) is 62.4 Å². The summed E-state index contributed by atoms with van der Waals surface area (Å²) < 4.78 is 10.5. The first-order chi connectivity index (χ1) is 12.5. The Labute approximate surface area is 152 Å². The van der Waals surface area contributed by atoms with E-state index in [4.69, 9.17) is 9.26 Å². The monoisotopic (exact) mass is 348 g/mol. The molecule has 0 bridgehead atoms. The molecule has 0 saturated carbocycles. The molecule has 1 N–H and O–H groups in total. The van der Waals surface area contributed by atoms with Crippen LogP contribution in [0.5, 0.6) is 5.75 Å². The maximum absolute atomic E-state index is 12.9. The van der Waals surface area contributed by atoms with E-state index < -0.39 is 5.41 Å². The van der Waals surface area contributed by atoms with Crippen LogP contribution in [0.2, 0.25) is 0 Å². The predicted octanol–water partition coefficient (Wildman–Crippen LogP) is 4.11. The van der Waals surface area contributed by atoms with Gasteiger partial charge < -0.3 is 14.6 Å². The quantitative estimate of drug-likeness (QED) is 0.770. The zero-order valence-electron chi connectivity index (χ0n) is 15.0. The summed E-state index contributed by atoms with van der Waals surface area (Å²) in [5.41, 5.74) is 3.91. The highest BCUT2D eigenvalue weighted by Gasteiger charge is 2.44. The summed E-state index contributed by atoms with van der Waals surface area (Å²) >= 11 is 0. The van der Waals surface area contributed by atoms with E-state index in [0.717, 1.165) is 39.6 Å². The molecule has 0 fully saturated rings. The van der Waals surface area contributed by atoms with Crippen LogP contribution < -0.4 is 10.1 Å². The highest BCUT2D eigenvalue weighted by atomic mass is 16.5. The number of aromatic nitrogens is 1. The third-order valence-corrected chi connectivity index (χ3v) is 4.99. The predicted molar refractivity (Wildman–Crippen MR) is 99.4 cm³/mol. The molecular weight excluding hydrogens is 328 g/mol.